The lowest BCUT2D eigenvalue weighted by Gasteiger charge is -2.06. The molecule has 0 radical (unpaired) electrons. The van der Waals surface area contributed by atoms with E-state index in [0.29, 0.717) is 18.6 Å². The first-order valence-corrected chi connectivity index (χ1v) is 4.07. The number of aryl methyl sites for hydroxylation is 1. The fourth-order valence-electron chi connectivity index (χ4n) is 1.15. The van der Waals surface area contributed by atoms with Gasteiger partial charge in [0.1, 0.15) is 17.8 Å². The third-order valence-electron chi connectivity index (χ3n) is 1.80. The molecule has 13 heavy (non-hydrogen) atoms. The highest BCUT2D eigenvalue weighted by atomic mass is 16.5. The summed E-state index contributed by atoms with van der Waals surface area (Å²) < 4.78 is 5.05. The molecule has 1 rings (SSSR count). The number of benzene rings is 1. The Hall–Kier alpha value is -1.51. The average molecular weight is 180 g/mol. The number of carbonyl (C=O) groups is 1. The molecule has 0 saturated carbocycles. The predicted octanol–water partition coefficient (Wildman–Crippen LogP) is 1.53. The van der Waals surface area contributed by atoms with Crippen molar-refractivity contribution in [3.8, 4) is 11.5 Å². The van der Waals surface area contributed by atoms with Gasteiger partial charge in [-0.2, -0.15) is 0 Å². The van der Waals surface area contributed by atoms with E-state index < -0.39 is 0 Å². The summed E-state index contributed by atoms with van der Waals surface area (Å²) in [5.41, 5.74) is 0.937. The van der Waals surface area contributed by atoms with Crippen LogP contribution in [0.5, 0.6) is 11.5 Å². The van der Waals surface area contributed by atoms with Crippen LogP contribution >= 0.6 is 0 Å². The van der Waals surface area contributed by atoms with Gasteiger partial charge >= 0.3 is 0 Å². The number of hydrogen-bond donors (Lipinski definition) is 1. The number of ether oxygens (including phenoxy) is 1. The summed E-state index contributed by atoms with van der Waals surface area (Å²) in [6.07, 6.45) is 1.99. The lowest BCUT2D eigenvalue weighted by molar-refractivity contribution is -0.107. The Balaban J connectivity index is 2.85. The number of aldehydes is 1. The largest absolute Gasteiger partial charge is 0.508 e. The van der Waals surface area contributed by atoms with Crippen LogP contribution in [0.2, 0.25) is 0 Å². The Labute approximate surface area is 77.0 Å². The van der Waals surface area contributed by atoms with Gasteiger partial charge in [-0.3, -0.25) is 0 Å². The molecular weight excluding hydrogens is 168 g/mol. The van der Waals surface area contributed by atoms with Gasteiger partial charge in [0.2, 0.25) is 0 Å². The van der Waals surface area contributed by atoms with Crippen molar-refractivity contribution in [1.82, 2.24) is 0 Å². The monoisotopic (exact) mass is 180 g/mol. The SMILES string of the molecule is COc1cc(O)ccc1CCC=O. The van der Waals surface area contributed by atoms with Crippen molar-refractivity contribution in [2.24, 2.45) is 0 Å². The molecule has 1 aromatic rings. The van der Waals surface area contributed by atoms with E-state index in [2.05, 4.69) is 0 Å². The van der Waals surface area contributed by atoms with Crippen LogP contribution in [0.1, 0.15) is 12.0 Å². The Bertz CT molecular complexity index is 294. The third-order valence-corrected chi connectivity index (χ3v) is 1.80. The Morgan fingerprint density at radius 3 is 2.92 bits per heavy atom. The number of aromatic hydroxyl groups is 1. The molecule has 0 aliphatic rings. The number of rotatable bonds is 4. The molecule has 0 aliphatic heterocycles. The van der Waals surface area contributed by atoms with Gasteiger partial charge in [0.05, 0.1) is 7.11 Å². The smallest absolute Gasteiger partial charge is 0.125 e. The molecule has 0 aromatic heterocycles. The molecule has 3 heteroatoms. The molecule has 0 unspecified atom stereocenters. The fourth-order valence-corrected chi connectivity index (χ4v) is 1.15. The van der Waals surface area contributed by atoms with Crippen LogP contribution in [0.15, 0.2) is 18.2 Å². The highest BCUT2D eigenvalue weighted by molar-refractivity contribution is 5.51. The average Bonchev–Trinajstić information content (AvgIpc) is 2.16. The van der Waals surface area contributed by atoms with Gasteiger partial charge in [-0.15, -0.1) is 0 Å². The Morgan fingerprint density at radius 1 is 1.54 bits per heavy atom. The van der Waals surface area contributed by atoms with E-state index in [1.165, 1.54) is 0 Å². The van der Waals surface area contributed by atoms with Crippen molar-refractivity contribution in [3.05, 3.63) is 23.8 Å². The van der Waals surface area contributed by atoms with Crippen molar-refractivity contribution in [2.45, 2.75) is 12.8 Å². The van der Waals surface area contributed by atoms with Crippen molar-refractivity contribution >= 4 is 6.29 Å². The zero-order valence-electron chi connectivity index (χ0n) is 7.49. The summed E-state index contributed by atoms with van der Waals surface area (Å²) in [4.78, 5) is 10.2. The molecule has 0 saturated heterocycles. The minimum Gasteiger partial charge on any atom is -0.508 e. The lowest BCUT2D eigenvalue weighted by Crippen LogP contribution is -1.92. The molecule has 0 atom stereocenters. The van der Waals surface area contributed by atoms with Crippen molar-refractivity contribution in [3.63, 3.8) is 0 Å². The van der Waals surface area contributed by atoms with E-state index in [-0.39, 0.29) is 5.75 Å². The number of carbonyl (C=O) groups excluding carboxylic acids is 1. The van der Waals surface area contributed by atoms with Crippen molar-refractivity contribution in [1.29, 1.82) is 0 Å². The number of phenols is 1. The quantitative estimate of drug-likeness (QED) is 0.715. The first kappa shape index (κ1) is 9.58. The maximum Gasteiger partial charge on any atom is 0.125 e. The zero-order chi connectivity index (χ0) is 9.68. The van der Waals surface area contributed by atoms with Gasteiger partial charge in [-0.25, -0.2) is 0 Å². The second kappa shape index (κ2) is 4.50. The summed E-state index contributed by atoms with van der Waals surface area (Å²) in [6, 6.07) is 4.89. The van der Waals surface area contributed by atoms with Crippen molar-refractivity contribution in [2.75, 3.05) is 7.11 Å². The molecule has 70 valence electrons. The van der Waals surface area contributed by atoms with E-state index in [1.54, 1.807) is 25.3 Å². The third kappa shape index (κ3) is 2.47. The standard InChI is InChI=1S/C10H12O3/c1-13-10-7-9(12)5-4-8(10)3-2-6-11/h4-7,12H,2-3H2,1H3. The Kier molecular flexibility index (Phi) is 3.31. The molecule has 1 N–H and O–H groups in total. The highest BCUT2D eigenvalue weighted by Gasteiger charge is 2.02. The molecule has 0 amide bonds. The molecular formula is C10H12O3. The van der Waals surface area contributed by atoms with Gasteiger partial charge < -0.3 is 14.6 Å². The van der Waals surface area contributed by atoms with Crippen molar-refractivity contribution < 1.29 is 14.6 Å². The second-order valence-electron chi connectivity index (χ2n) is 2.70. The first-order chi connectivity index (χ1) is 6.27. The van der Waals surface area contributed by atoms with Gasteiger partial charge in [0.25, 0.3) is 0 Å². The van der Waals surface area contributed by atoms with Crippen LogP contribution in [0.3, 0.4) is 0 Å². The zero-order valence-corrected chi connectivity index (χ0v) is 7.49. The van der Waals surface area contributed by atoms with Gasteiger partial charge in [-0.1, -0.05) is 6.07 Å². The highest BCUT2D eigenvalue weighted by Crippen LogP contribution is 2.24. The summed E-state index contributed by atoms with van der Waals surface area (Å²) in [5.74, 6) is 0.800. The fraction of sp³-hybridized carbons (Fsp3) is 0.300. The van der Waals surface area contributed by atoms with E-state index in [0.717, 1.165) is 11.8 Å². The first-order valence-electron chi connectivity index (χ1n) is 4.07. The van der Waals surface area contributed by atoms with Gasteiger partial charge in [-0.05, 0) is 18.1 Å². The summed E-state index contributed by atoms with van der Waals surface area (Å²) in [7, 11) is 1.54. The number of methoxy groups -OCH3 is 1. The summed E-state index contributed by atoms with van der Waals surface area (Å²) in [5, 5.41) is 9.14. The number of hydrogen-bond acceptors (Lipinski definition) is 3. The van der Waals surface area contributed by atoms with Crippen LogP contribution in [-0.2, 0) is 11.2 Å². The van der Waals surface area contributed by atoms with E-state index in [1.807, 2.05) is 0 Å². The molecule has 0 aliphatic carbocycles. The molecule has 0 heterocycles. The molecule has 0 spiro atoms. The van der Waals surface area contributed by atoms with Crippen LogP contribution in [0.25, 0.3) is 0 Å². The van der Waals surface area contributed by atoms with Crippen LogP contribution in [0, 0.1) is 0 Å². The summed E-state index contributed by atoms with van der Waals surface area (Å²) >= 11 is 0. The number of phenolic OH excluding ortho intramolecular Hbond substituents is 1. The minimum absolute atomic E-state index is 0.173. The van der Waals surface area contributed by atoms with E-state index >= 15 is 0 Å². The van der Waals surface area contributed by atoms with E-state index in [4.69, 9.17) is 9.84 Å². The van der Waals surface area contributed by atoms with Gasteiger partial charge in [0, 0.05) is 12.5 Å². The molecule has 0 fully saturated rings. The molecule has 0 bridgehead atoms. The Morgan fingerprint density at radius 2 is 2.31 bits per heavy atom. The minimum atomic E-state index is 0.173. The van der Waals surface area contributed by atoms with E-state index in [9.17, 15) is 4.79 Å². The van der Waals surface area contributed by atoms with Crippen LogP contribution in [-0.4, -0.2) is 18.5 Å². The van der Waals surface area contributed by atoms with Gasteiger partial charge in [0.15, 0.2) is 0 Å². The molecule has 1 aromatic carbocycles. The maximum absolute atomic E-state index is 10.2. The maximum atomic E-state index is 10.2. The normalized spacial score (nSPS) is 9.62. The summed E-state index contributed by atoms with van der Waals surface area (Å²) in [6.45, 7) is 0. The second-order valence-corrected chi connectivity index (χ2v) is 2.70. The predicted molar refractivity (Wildman–Crippen MR) is 49.0 cm³/mol. The lowest BCUT2D eigenvalue weighted by atomic mass is 10.1. The van der Waals surface area contributed by atoms with Crippen LogP contribution < -0.4 is 4.74 Å². The molecule has 3 nitrogen and oxygen atoms in total. The van der Waals surface area contributed by atoms with Crippen LogP contribution in [0.4, 0.5) is 0 Å². The topological polar surface area (TPSA) is 46.5 Å².